The summed E-state index contributed by atoms with van der Waals surface area (Å²) in [5, 5.41) is 0. The number of carbonyl (C=O) groups is 3. The molecule has 0 unspecified atom stereocenters. The molecule has 6 heteroatoms. The highest BCUT2D eigenvalue weighted by Crippen LogP contribution is 2.29. The predicted octanol–water partition coefficient (Wildman–Crippen LogP) is 2.99. The fourth-order valence-corrected chi connectivity index (χ4v) is 3.15. The van der Waals surface area contributed by atoms with Crippen LogP contribution >= 0.6 is 0 Å². The molecule has 0 radical (unpaired) electrons. The number of hydrogen-bond donors (Lipinski definition) is 0. The molecule has 1 heterocycles. The molecule has 0 saturated carbocycles. The van der Waals surface area contributed by atoms with E-state index >= 15 is 0 Å². The molecule has 0 N–H and O–H groups in total. The number of para-hydroxylation sites is 1. The van der Waals surface area contributed by atoms with Gasteiger partial charge in [-0.1, -0.05) is 25.1 Å². The van der Waals surface area contributed by atoms with Crippen molar-refractivity contribution in [2.45, 2.75) is 19.8 Å². The highest BCUT2D eigenvalue weighted by molar-refractivity contribution is 6.00. The van der Waals surface area contributed by atoms with Gasteiger partial charge in [-0.25, -0.2) is 4.79 Å². The highest BCUT2D eigenvalue weighted by atomic mass is 16.5. The Morgan fingerprint density at radius 3 is 2.48 bits per heavy atom. The molecule has 1 aliphatic heterocycles. The maximum absolute atomic E-state index is 12.5. The lowest BCUT2D eigenvalue weighted by Crippen LogP contribution is -2.28. The van der Waals surface area contributed by atoms with Crippen molar-refractivity contribution in [3.8, 4) is 5.75 Å². The second-order valence-electron chi connectivity index (χ2n) is 6.32. The molecule has 2 aromatic rings. The van der Waals surface area contributed by atoms with Gasteiger partial charge in [-0.3, -0.25) is 9.59 Å². The molecular weight excluding hydrogens is 346 g/mol. The summed E-state index contributed by atoms with van der Waals surface area (Å²) in [5.74, 6) is -1.20. The number of anilines is 1. The number of aryl methyl sites for hydroxylation is 1. The lowest BCUT2D eigenvalue weighted by molar-refractivity contribution is -0.139. The molecule has 140 valence electrons. The van der Waals surface area contributed by atoms with Gasteiger partial charge in [0.15, 0.2) is 0 Å². The Morgan fingerprint density at radius 1 is 1.11 bits per heavy atom. The van der Waals surface area contributed by atoms with Gasteiger partial charge in [0.1, 0.15) is 5.75 Å². The van der Waals surface area contributed by atoms with Crippen LogP contribution in [0, 0.1) is 5.92 Å². The van der Waals surface area contributed by atoms with E-state index < -0.39 is 17.9 Å². The third-order valence-electron chi connectivity index (χ3n) is 4.62. The van der Waals surface area contributed by atoms with E-state index in [1.165, 1.54) is 31.4 Å². The quantitative estimate of drug-likeness (QED) is 0.600. The standard InChI is InChI=1S/C21H21NO5/c1-3-14-6-4-5-7-18(14)22-13-16(12-19(22)23)21(25)27-17-10-8-15(9-11-17)20(24)26-2/h4-11,16H,3,12-13H2,1-2H3/t16-/m1/s1. The van der Waals surface area contributed by atoms with Gasteiger partial charge >= 0.3 is 11.9 Å². The summed E-state index contributed by atoms with van der Waals surface area (Å²) in [6.07, 6.45) is 0.929. The Hall–Kier alpha value is -3.15. The number of carbonyl (C=O) groups excluding carboxylic acids is 3. The lowest BCUT2D eigenvalue weighted by atomic mass is 10.1. The molecule has 0 spiro atoms. The molecule has 0 aliphatic carbocycles. The molecule has 0 aromatic heterocycles. The Labute approximate surface area is 157 Å². The normalized spacial score (nSPS) is 16.3. The average molecular weight is 367 g/mol. The number of esters is 2. The minimum atomic E-state index is -0.525. The zero-order valence-corrected chi connectivity index (χ0v) is 15.3. The van der Waals surface area contributed by atoms with E-state index in [1.807, 2.05) is 31.2 Å². The summed E-state index contributed by atoms with van der Waals surface area (Å²) in [7, 11) is 1.30. The predicted molar refractivity (Wildman–Crippen MR) is 99.7 cm³/mol. The number of benzene rings is 2. The second-order valence-corrected chi connectivity index (χ2v) is 6.32. The zero-order chi connectivity index (χ0) is 19.4. The smallest absolute Gasteiger partial charge is 0.337 e. The van der Waals surface area contributed by atoms with Crippen LogP contribution in [0.3, 0.4) is 0 Å². The first kappa shape index (κ1) is 18.6. The van der Waals surface area contributed by atoms with Crippen molar-refractivity contribution < 1.29 is 23.9 Å². The molecule has 6 nitrogen and oxygen atoms in total. The van der Waals surface area contributed by atoms with Crippen molar-refractivity contribution in [3.63, 3.8) is 0 Å². The molecule has 1 amide bonds. The van der Waals surface area contributed by atoms with Crippen molar-refractivity contribution in [3.05, 3.63) is 59.7 Å². The summed E-state index contributed by atoms with van der Waals surface area (Å²) in [4.78, 5) is 38.0. The number of hydrogen-bond acceptors (Lipinski definition) is 5. The Balaban J connectivity index is 1.68. The van der Waals surface area contributed by atoms with Crippen LogP contribution < -0.4 is 9.64 Å². The average Bonchev–Trinajstić information content (AvgIpc) is 3.09. The molecule has 27 heavy (non-hydrogen) atoms. The molecule has 1 saturated heterocycles. The van der Waals surface area contributed by atoms with Crippen LogP contribution in [-0.2, 0) is 20.7 Å². The minimum absolute atomic E-state index is 0.0844. The number of methoxy groups -OCH3 is 1. The third kappa shape index (κ3) is 4.00. The van der Waals surface area contributed by atoms with Gasteiger partial charge < -0.3 is 14.4 Å². The van der Waals surface area contributed by atoms with Crippen molar-refractivity contribution >= 4 is 23.5 Å². The summed E-state index contributed by atoms with van der Waals surface area (Å²) < 4.78 is 10.0. The highest BCUT2D eigenvalue weighted by Gasteiger charge is 2.37. The SMILES string of the molecule is CCc1ccccc1N1C[C@H](C(=O)Oc2ccc(C(=O)OC)cc2)CC1=O. The molecule has 1 fully saturated rings. The first-order valence-corrected chi connectivity index (χ1v) is 8.81. The fraction of sp³-hybridized carbons (Fsp3) is 0.286. The maximum Gasteiger partial charge on any atom is 0.337 e. The summed E-state index contributed by atoms with van der Waals surface area (Å²) in [5.41, 5.74) is 2.29. The van der Waals surface area contributed by atoms with Gasteiger partial charge in [-0.2, -0.15) is 0 Å². The summed E-state index contributed by atoms with van der Waals surface area (Å²) in [6.45, 7) is 2.33. The maximum atomic E-state index is 12.5. The topological polar surface area (TPSA) is 72.9 Å². The molecule has 0 bridgehead atoms. The van der Waals surface area contributed by atoms with Gasteiger partial charge in [0.05, 0.1) is 18.6 Å². The minimum Gasteiger partial charge on any atom is -0.465 e. The van der Waals surface area contributed by atoms with E-state index in [9.17, 15) is 14.4 Å². The number of rotatable bonds is 5. The molecular formula is C21H21NO5. The number of nitrogens with zero attached hydrogens (tertiary/aromatic N) is 1. The third-order valence-corrected chi connectivity index (χ3v) is 4.62. The molecule has 1 aliphatic rings. The second kappa shape index (κ2) is 8.03. The van der Waals surface area contributed by atoms with Crippen LogP contribution in [0.4, 0.5) is 5.69 Å². The monoisotopic (exact) mass is 367 g/mol. The Morgan fingerprint density at radius 2 is 1.81 bits per heavy atom. The van der Waals surface area contributed by atoms with Crippen molar-refractivity contribution in [1.29, 1.82) is 0 Å². The van der Waals surface area contributed by atoms with Crippen molar-refractivity contribution in [2.75, 3.05) is 18.6 Å². The molecule has 3 rings (SSSR count). The van der Waals surface area contributed by atoms with E-state index in [4.69, 9.17) is 4.74 Å². The van der Waals surface area contributed by atoms with Gasteiger partial charge in [0.25, 0.3) is 0 Å². The van der Waals surface area contributed by atoms with E-state index in [0.29, 0.717) is 17.9 Å². The van der Waals surface area contributed by atoms with Crippen molar-refractivity contribution in [2.24, 2.45) is 5.92 Å². The van der Waals surface area contributed by atoms with Crippen LogP contribution in [-0.4, -0.2) is 31.5 Å². The van der Waals surface area contributed by atoms with Crippen LogP contribution in [0.15, 0.2) is 48.5 Å². The van der Waals surface area contributed by atoms with E-state index in [1.54, 1.807) is 4.90 Å². The van der Waals surface area contributed by atoms with Gasteiger partial charge in [-0.05, 0) is 42.3 Å². The zero-order valence-electron chi connectivity index (χ0n) is 15.3. The first-order valence-electron chi connectivity index (χ1n) is 8.81. The number of ether oxygens (including phenoxy) is 2. The van der Waals surface area contributed by atoms with Gasteiger partial charge in [0.2, 0.25) is 5.91 Å². The fourth-order valence-electron chi connectivity index (χ4n) is 3.15. The summed E-state index contributed by atoms with van der Waals surface area (Å²) >= 11 is 0. The Kier molecular flexibility index (Phi) is 5.54. The van der Waals surface area contributed by atoms with E-state index in [2.05, 4.69) is 4.74 Å². The van der Waals surface area contributed by atoms with Crippen LogP contribution in [0.1, 0.15) is 29.3 Å². The van der Waals surface area contributed by atoms with Crippen molar-refractivity contribution in [1.82, 2.24) is 0 Å². The van der Waals surface area contributed by atoms with E-state index in [0.717, 1.165) is 17.7 Å². The van der Waals surface area contributed by atoms with Crippen LogP contribution in [0.2, 0.25) is 0 Å². The van der Waals surface area contributed by atoms with E-state index in [-0.39, 0.29) is 12.3 Å². The lowest BCUT2D eigenvalue weighted by Gasteiger charge is -2.19. The molecule has 2 aromatic carbocycles. The Bertz CT molecular complexity index is 859. The van der Waals surface area contributed by atoms with Gasteiger partial charge in [-0.15, -0.1) is 0 Å². The summed E-state index contributed by atoms with van der Waals surface area (Å²) in [6, 6.07) is 13.8. The molecule has 1 atom stereocenters. The van der Waals surface area contributed by atoms with Gasteiger partial charge in [0, 0.05) is 18.7 Å². The first-order chi connectivity index (χ1) is 13.0. The largest absolute Gasteiger partial charge is 0.465 e. The van der Waals surface area contributed by atoms with Crippen LogP contribution in [0.5, 0.6) is 5.75 Å². The number of amides is 1. The van der Waals surface area contributed by atoms with Crippen LogP contribution in [0.25, 0.3) is 0 Å².